The third-order valence-corrected chi connectivity index (χ3v) is 4.31. The highest BCUT2D eigenvalue weighted by atomic mass is 16.4. The van der Waals surface area contributed by atoms with Crippen LogP contribution in [-0.2, 0) is 6.42 Å². The van der Waals surface area contributed by atoms with Crippen LogP contribution >= 0.6 is 0 Å². The highest BCUT2D eigenvalue weighted by molar-refractivity contribution is 6.04. The molecule has 0 unspecified atom stereocenters. The summed E-state index contributed by atoms with van der Waals surface area (Å²) in [6, 6.07) is 7.24. The Bertz CT molecular complexity index is 791. The summed E-state index contributed by atoms with van der Waals surface area (Å²) in [6.45, 7) is 3.76. The van der Waals surface area contributed by atoms with Crippen molar-refractivity contribution in [3.05, 3.63) is 57.3 Å². The number of carbonyl (C=O) groups excluding carboxylic acids is 1. The normalized spacial score (nSPS) is 14.3. The van der Waals surface area contributed by atoms with Gasteiger partial charge in [0.25, 0.3) is 5.91 Å². The zero-order chi connectivity index (χ0) is 16.4. The van der Waals surface area contributed by atoms with E-state index in [1.54, 1.807) is 13.0 Å². The molecule has 5 nitrogen and oxygen atoms in total. The van der Waals surface area contributed by atoms with Gasteiger partial charge >= 0.3 is 5.63 Å². The van der Waals surface area contributed by atoms with Crippen LogP contribution in [0.2, 0.25) is 0 Å². The van der Waals surface area contributed by atoms with Crippen molar-refractivity contribution < 1.29 is 9.21 Å². The number of pyridine rings is 1. The number of hydrogen-bond acceptors (Lipinski definition) is 4. The summed E-state index contributed by atoms with van der Waals surface area (Å²) < 4.78 is 5.36. The van der Waals surface area contributed by atoms with Gasteiger partial charge in [-0.3, -0.25) is 4.79 Å². The van der Waals surface area contributed by atoms with Crippen molar-refractivity contribution in [1.82, 2.24) is 4.98 Å². The van der Waals surface area contributed by atoms with Crippen molar-refractivity contribution in [1.29, 1.82) is 0 Å². The van der Waals surface area contributed by atoms with E-state index in [4.69, 9.17) is 4.42 Å². The molecule has 23 heavy (non-hydrogen) atoms. The van der Waals surface area contributed by atoms with Crippen molar-refractivity contribution in [2.45, 2.75) is 45.4 Å². The molecule has 0 atom stereocenters. The maximum Gasteiger partial charge on any atom is 0.349 e. The number of aromatic nitrogens is 1. The van der Waals surface area contributed by atoms with Gasteiger partial charge in [0.1, 0.15) is 17.1 Å². The molecule has 0 saturated heterocycles. The standard InChI is InChI=1S/C18H20N2O3/c1-3-13-8-5-9-15(19-13)20-17(21)16-11(2)10-14(23-18(16)22)12-6-4-7-12/h5,8-10,12H,3-4,6-7H2,1-2H3,(H,19,20,21). The predicted octanol–water partition coefficient (Wildman–Crippen LogP) is 3.43. The van der Waals surface area contributed by atoms with Crippen LogP contribution < -0.4 is 10.9 Å². The van der Waals surface area contributed by atoms with Gasteiger partial charge in [-0.05, 0) is 49.9 Å². The Morgan fingerprint density at radius 3 is 2.78 bits per heavy atom. The quantitative estimate of drug-likeness (QED) is 0.939. The first-order valence-corrected chi connectivity index (χ1v) is 8.00. The van der Waals surface area contributed by atoms with Crippen molar-refractivity contribution in [3.8, 4) is 0 Å². The number of nitrogens with one attached hydrogen (secondary N) is 1. The molecule has 3 rings (SSSR count). The summed E-state index contributed by atoms with van der Waals surface area (Å²) in [4.78, 5) is 28.9. The van der Waals surface area contributed by atoms with Crippen LogP contribution in [0.1, 0.15) is 59.5 Å². The first-order valence-electron chi connectivity index (χ1n) is 8.00. The number of hydrogen-bond donors (Lipinski definition) is 1. The van der Waals surface area contributed by atoms with E-state index in [9.17, 15) is 9.59 Å². The van der Waals surface area contributed by atoms with Crippen molar-refractivity contribution >= 4 is 11.7 Å². The van der Waals surface area contributed by atoms with E-state index in [2.05, 4.69) is 10.3 Å². The van der Waals surface area contributed by atoms with Gasteiger partial charge in [0, 0.05) is 11.6 Å². The second kappa shape index (κ2) is 6.36. The average Bonchev–Trinajstić information content (AvgIpc) is 2.44. The zero-order valence-corrected chi connectivity index (χ0v) is 13.4. The minimum Gasteiger partial charge on any atom is -0.427 e. The number of anilines is 1. The molecular weight excluding hydrogens is 292 g/mol. The second-order valence-corrected chi connectivity index (χ2v) is 5.94. The maximum absolute atomic E-state index is 12.4. The van der Waals surface area contributed by atoms with E-state index in [1.807, 2.05) is 25.1 Å². The SMILES string of the molecule is CCc1cccc(NC(=O)c2c(C)cc(C3CCC3)oc2=O)n1. The molecule has 120 valence electrons. The number of nitrogens with zero attached hydrogens (tertiary/aromatic N) is 1. The molecule has 0 bridgehead atoms. The van der Waals surface area contributed by atoms with Crippen LogP contribution in [0.3, 0.4) is 0 Å². The molecule has 0 spiro atoms. The van der Waals surface area contributed by atoms with E-state index >= 15 is 0 Å². The van der Waals surface area contributed by atoms with Gasteiger partial charge in [-0.25, -0.2) is 9.78 Å². The summed E-state index contributed by atoms with van der Waals surface area (Å²) in [5.74, 6) is 0.983. The molecule has 2 aromatic rings. The lowest BCUT2D eigenvalue weighted by Crippen LogP contribution is -2.24. The fourth-order valence-corrected chi connectivity index (χ4v) is 2.72. The fraction of sp³-hybridized carbons (Fsp3) is 0.389. The largest absolute Gasteiger partial charge is 0.427 e. The molecule has 1 aliphatic carbocycles. The van der Waals surface area contributed by atoms with Crippen molar-refractivity contribution in [3.63, 3.8) is 0 Å². The summed E-state index contributed by atoms with van der Waals surface area (Å²) in [5, 5.41) is 2.68. The smallest absolute Gasteiger partial charge is 0.349 e. The summed E-state index contributed by atoms with van der Waals surface area (Å²) in [6.07, 6.45) is 4.03. The average molecular weight is 312 g/mol. The molecule has 2 heterocycles. The molecule has 0 aromatic carbocycles. The van der Waals surface area contributed by atoms with E-state index in [1.165, 1.54) is 0 Å². The van der Waals surface area contributed by atoms with Crippen LogP contribution in [0.25, 0.3) is 0 Å². The Balaban J connectivity index is 1.85. The van der Waals surface area contributed by atoms with E-state index in [-0.39, 0.29) is 5.56 Å². The van der Waals surface area contributed by atoms with Crippen LogP contribution in [0.4, 0.5) is 5.82 Å². The third-order valence-electron chi connectivity index (χ3n) is 4.31. The number of carbonyl (C=O) groups is 1. The van der Waals surface area contributed by atoms with Gasteiger partial charge in [-0.1, -0.05) is 19.4 Å². The number of aryl methyl sites for hydroxylation is 2. The molecule has 1 fully saturated rings. The zero-order valence-electron chi connectivity index (χ0n) is 13.4. The summed E-state index contributed by atoms with van der Waals surface area (Å²) >= 11 is 0. The number of rotatable bonds is 4. The Labute approximate surface area is 134 Å². The predicted molar refractivity (Wildman–Crippen MR) is 87.9 cm³/mol. The Hall–Kier alpha value is -2.43. The summed E-state index contributed by atoms with van der Waals surface area (Å²) in [7, 11) is 0. The molecule has 1 N–H and O–H groups in total. The lowest BCUT2D eigenvalue weighted by Gasteiger charge is -2.24. The first-order chi connectivity index (χ1) is 11.1. The molecule has 5 heteroatoms. The molecule has 1 saturated carbocycles. The third kappa shape index (κ3) is 3.18. The molecule has 2 aromatic heterocycles. The van der Waals surface area contributed by atoms with Crippen LogP contribution in [0.15, 0.2) is 33.5 Å². The minimum atomic E-state index is -0.573. The number of amides is 1. The minimum absolute atomic E-state index is 0.0526. The fourth-order valence-electron chi connectivity index (χ4n) is 2.72. The maximum atomic E-state index is 12.4. The Morgan fingerprint density at radius 1 is 1.39 bits per heavy atom. The highest BCUT2D eigenvalue weighted by Gasteiger charge is 2.25. The van der Waals surface area contributed by atoms with Crippen LogP contribution in [0.5, 0.6) is 0 Å². The van der Waals surface area contributed by atoms with Gasteiger partial charge in [0.05, 0.1) is 0 Å². The van der Waals surface area contributed by atoms with Crippen LogP contribution in [-0.4, -0.2) is 10.9 Å². The van der Waals surface area contributed by atoms with E-state index in [0.29, 0.717) is 23.1 Å². The Kier molecular flexibility index (Phi) is 4.28. The lowest BCUT2D eigenvalue weighted by atomic mass is 9.83. The Morgan fingerprint density at radius 2 is 2.17 bits per heavy atom. The topological polar surface area (TPSA) is 72.2 Å². The monoisotopic (exact) mass is 312 g/mol. The first kappa shape index (κ1) is 15.5. The van der Waals surface area contributed by atoms with Gasteiger partial charge in [0.15, 0.2) is 0 Å². The van der Waals surface area contributed by atoms with Crippen molar-refractivity contribution in [2.75, 3.05) is 5.32 Å². The van der Waals surface area contributed by atoms with Gasteiger partial charge in [-0.2, -0.15) is 0 Å². The van der Waals surface area contributed by atoms with E-state index < -0.39 is 11.5 Å². The molecule has 1 amide bonds. The highest BCUT2D eigenvalue weighted by Crippen LogP contribution is 2.36. The molecule has 0 radical (unpaired) electrons. The molecular formula is C18H20N2O3. The second-order valence-electron chi connectivity index (χ2n) is 5.94. The lowest BCUT2D eigenvalue weighted by molar-refractivity contribution is 0.102. The van der Waals surface area contributed by atoms with Gasteiger partial charge in [0.2, 0.25) is 0 Å². The molecule has 0 aliphatic heterocycles. The van der Waals surface area contributed by atoms with Gasteiger partial charge < -0.3 is 9.73 Å². The van der Waals surface area contributed by atoms with E-state index in [0.717, 1.165) is 31.4 Å². The molecule has 1 aliphatic rings. The van der Waals surface area contributed by atoms with Gasteiger partial charge in [-0.15, -0.1) is 0 Å². The summed E-state index contributed by atoms with van der Waals surface area (Å²) in [5.41, 5.74) is 1.01. The van der Waals surface area contributed by atoms with Crippen molar-refractivity contribution in [2.24, 2.45) is 0 Å². The van der Waals surface area contributed by atoms with Crippen LogP contribution in [0, 0.1) is 6.92 Å².